The molecule has 0 aromatic carbocycles. The van der Waals surface area contributed by atoms with Crippen LogP contribution in [-0.2, 0) is 11.0 Å². The molecule has 0 saturated heterocycles. The molecule has 1 amide bonds. The number of alkyl halides is 3. The molecule has 122 valence electrons. The topological polar surface area (TPSA) is 99.3 Å². The monoisotopic (exact) mass is 320 g/mol. The van der Waals surface area contributed by atoms with Crippen LogP contribution in [0.15, 0.2) is 16.9 Å². The zero-order valence-electron chi connectivity index (χ0n) is 11.7. The van der Waals surface area contributed by atoms with Gasteiger partial charge in [0.15, 0.2) is 0 Å². The van der Waals surface area contributed by atoms with E-state index >= 15 is 0 Å². The number of H-pyrrole nitrogens is 1. The summed E-state index contributed by atoms with van der Waals surface area (Å²) in [6.45, 7) is 1.83. The summed E-state index contributed by atoms with van der Waals surface area (Å²) in [6.07, 6.45) is -3.32. The number of nitrogens with one attached hydrogen (secondary N) is 2. The molecule has 1 heterocycles. The fraction of sp³-hybridized carbons (Fsp3) is 0.462. The van der Waals surface area contributed by atoms with Crippen LogP contribution in [0.3, 0.4) is 0 Å². The number of hydrogen-bond donors (Lipinski definition) is 3. The first kappa shape index (κ1) is 17.7. The van der Waals surface area contributed by atoms with Crippen molar-refractivity contribution >= 4 is 11.9 Å². The van der Waals surface area contributed by atoms with Gasteiger partial charge in [-0.3, -0.25) is 9.59 Å². The van der Waals surface area contributed by atoms with Crippen LogP contribution >= 0.6 is 0 Å². The Bertz CT molecular complexity index is 610. The standard InChI is InChI=1S/C13H15F3N2O4/c1-2-3-4-8(12(21)22)17-10(19)7-5-6-9(13(14,15)16)18-11(7)20/h5-6,8H,2-4H2,1H3,(H,17,19)(H,18,20)(H,21,22)/t8-/m0/s1. The Labute approximate surface area is 123 Å². The highest BCUT2D eigenvalue weighted by Gasteiger charge is 2.32. The van der Waals surface area contributed by atoms with E-state index in [1.165, 1.54) is 0 Å². The van der Waals surface area contributed by atoms with Crippen LogP contribution in [0.1, 0.15) is 42.2 Å². The Balaban J connectivity index is 2.94. The van der Waals surface area contributed by atoms with Crippen molar-refractivity contribution in [2.45, 2.75) is 38.4 Å². The zero-order chi connectivity index (χ0) is 16.9. The fourth-order valence-electron chi connectivity index (χ4n) is 1.72. The van der Waals surface area contributed by atoms with Crippen LogP contribution in [0.4, 0.5) is 13.2 Å². The van der Waals surface area contributed by atoms with E-state index in [4.69, 9.17) is 5.11 Å². The van der Waals surface area contributed by atoms with Crippen molar-refractivity contribution in [2.24, 2.45) is 0 Å². The Kier molecular flexibility index (Phi) is 5.72. The lowest BCUT2D eigenvalue weighted by atomic mass is 10.1. The quantitative estimate of drug-likeness (QED) is 0.744. The Morgan fingerprint density at radius 3 is 2.45 bits per heavy atom. The molecule has 1 rings (SSSR count). The molecule has 9 heteroatoms. The summed E-state index contributed by atoms with van der Waals surface area (Å²) in [7, 11) is 0. The second kappa shape index (κ2) is 7.10. The molecule has 0 bridgehead atoms. The van der Waals surface area contributed by atoms with Gasteiger partial charge in [-0.15, -0.1) is 0 Å². The Morgan fingerprint density at radius 1 is 1.36 bits per heavy atom. The number of carboxylic acids is 1. The van der Waals surface area contributed by atoms with E-state index in [1.54, 1.807) is 4.98 Å². The predicted molar refractivity (Wildman–Crippen MR) is 70.5 cm³/mol. The van der Waals surface area contributed by atoms with Crippen molar-refractivity contribution in [3.63, 3.8) is 0 Å². The molecule has 0 unspecified atom stereocenters. The summed E-state index contributed by atoms with van der Waals surface area (Å²) >= 11 is 0. The van der Waals surface area contributed by atoms with Gasteiger partial charge in [-0.1, -0.05) is 19.8 Å². The highest BCUT2D eigenvalue weighted by atomic mass is 19.4. The van der Waals surface area contributed by atoms with Crippen molar-refractivity contribution in [3.05, 3.63) is 33.7 Å². The molecule has 0 aliphatic heterocycles. The van der Waals surface area contributed by atoms with Crippen LogP contribution in [-0.4, -0.2) is 28.0 Å². The average Bonchev–Trinajstić information content (AvgIpc) is 2.41. The van der Waals surface area contributed by atoms with Crippen molar-refractivity contribution < 1.29 is 27.9 Å². The Morgan fingerprint density at radius 2 is 2.00 bits per heavy atom. The van der Waals surface area contributed by atoms with Crippen LogP contribution < -0.4 is 10.9 Å². The summed E-state index contributed by atoms with van der Waals surface area (Å²) in [5, 5.41) is 11.1. The van der Waals surface area contributed by atoms with Gasteiger partial charge in [0.2, 0.25) is 0 Å². The van der Waals surface area contributed by atoms with Crippen molar-refractivity contribution in [1.29, 1.82) is 0 Å². The normalized spacial score (nSPS) is 12.7. The van der Waals surface area contributed by atoms with Crippen molar-refractivity contribution in [1.82, 2.24) is 10.3 Å². The number of aromatic nitrogens is 1. The van der Waals surface area contributed by atoms with E-state index in [2.05, 4.69) is 5.32 Å². The SMILES string of the molecule is CCCC[C@H](NC(=O)c1ccc(C(F)(F)F)[nH]c1=O)C(=O)O. The molecule has 0 aliphatic rings. The lowest BCUT2D eigenvalue weighted by Crippen LogP contribution is -2.42. The molecular weight excluding hydrogens is 305 g/mol. The number of carbonyl (C=O) groups excluding carboxylic acids is 1. The second-order valence-corrected chi connectivity index (χ2v) is 4.62. The summed E-state index contributed by atoms with van der Waals surface area (Å²) in [5.74, 6) is -2.30. The highest BCUT2D eigenvalue weighted by molar-refractivity contribution is 5.96. The van der Waals surface area contributed by atoms with Gasteiger partial charge in [0.25, 0.3) is 11.5 Å². The van der Waals surface area contributed by atoms with Gasteiger partial charge < -0.3 is 15.4 Å². The molecule has 0 saturated carbocycles. The molecule has 1 aromatic rings. The minimum atomic E-state index is -4.74. The van der Waals surface area contributed by atoms with Crippen molar-refractivity contribution in [2.75, 3.05) is 0 Å². The molecule has 0 fully saturated rings. The number of amides is 1. The first-order chi connectivity index (χ1) is 10.2. The third kappa shape index (κ3) is 4.61. The predicted octanol–water partition coefficient (Wildman–Crippen LogP) is 1.77. The van der Waals surface area contributed by atoms with Gasteiger partial charge in [0.05, 0.1) is 0 Å². The lowest BCUT2D eigenvalue weighted by Gasteiger charge is -2.14. The summed E-state index contributed by atoms with van der Waals surface area (Å²) in [6, 6.07) is 0.0718. The number of carbonyl (C=O) groups is 2. The molecule has 3 N–H and O–H groups in total. The molecule has 1 aromatic heterocycles. The maximum absolute atomic E-state index is 12.4. The molecule has 1 atom stereocenters. The molecular formula is C13H15F3N2O4. The average molecular weight is 320 g/mol. The van der Waals surface area contributed by atoms with E-state index < -0.39 is 40.9 Å². The molecule has 6 nitrogen and oxygen atoms in total. The van der Waals surface area contributed by atoms with Gasteiger partial charge in [-0.2, -0.15) is 13.2 Å². The number of halogens is 3. The number of pyridine rings is 1. The molecule has 0 aliphatic carbocycles. The Hall–Kier alpha value is -2.32. The van der Waals surface area contributed by atoms with Crippen LogP contribution in [0.5, 0.6) is 0 Å². The molecule has 0 radical (unpaired) electrons. The first-order valence-electron chi connectivity index (χ1n) is 6.51. The van der Waals surface area contributed by atoms with Gasteiger partial charge in [0, 0.05) is 0 Å². The minimum absolute atomic E-state index is 0.163. The van der Waals surface area contributed by atoms with E-state index in [9.17, 15) is 27.6 Å². The van der Waals surface area contributed by atoms with E-state index in [0.717, 1.165) is 6.07 Å². The first-order valence-corrected chi connectivity index (χ1v) is 6.51. The van der Waals surface area contributed by atoms with E-state index in [0.29, 0.717) is 18.9 Å². The third-order valence-electron chi connectivity index (χ3n) is 2.91. The van der Waals surface area contributed by atoms with Gasteiger partial charge in [-0.05, 0) is 18.6 Å². The number of aliphatic carboxylic acids is 1. The molecule has 0 spiro atoms. The van der Waals surface area contributed by atoms with Gasteiger partial charge >= 0.3 is 12.1 Å². The third-order valence-corrected chi connectivity index (χ3v) is 2.91. The van der Waals surface area contributed by atoms with Crippen LogP contribution in [0, 0.1) is 0 Å². The van der Waals surface area contributed by atoms with Gasteiger partial charge in [-0.25, -0.2) is 4.79 Å². The van der Waals surface area contributed by atoms with Crippen LogP contribution in [0.25, 0.3) is 0 Å². The number of carboxylic acid groups (broad SMARTS) is 1. The second-order valence-electron chi connectivity index (χ2n) is 4.62. The van der Waals surface area contributed by atoms with E-state index in [-0.39, 0.29) is 6.42 Å². The van der Waals surface area contributed by atoms with E-state index in [1.807, 2.05) is 6.92 Å². The maximum Gasteiger partial charge on any atom is 0.431 e. The zero-order valence-corrected chi connectivity index (χ0v) is 11.7. The van der Waals surface area contributed by atoms with Gasteiger partial charge in [0.1, 0.15) is 17.3 Å². The largest absolute Gasteiger partial charge is 0.480 e. The number of aromatic amines is 1. The van der Waals surface area contributed by atoms with Crippen molar-refractivity contribution in [3.8, 4) is 0 Å². The highest BCUT2D eigenvalue weighted by Crippen LogP contribution is 2.26. The van der Waals surface area contributed by atoms with Crippen LogP contribution in [0.2, 0.25) is 0 Å². The summed E-state index contributed by atoms with van der Waals surface area (Å²) in [4.78, 5) is 35.9. The lowest BCUT2D eigenvalue weighted by molar-refractivity contribution is -0.141. The minimum Gasteiger partial charge on any atom is -0.480 e. The number of unbranched alkanes of at least 4 members (excludes halogenated alkanes) is 1. The fourth-order valence-corrected chi connectivity index (χ4v) is 1.72. The summed E-state index contributed by atoms with van der Waals surface area (Å²) < 4.78 is 37.2. The number of rotatable bonds is 6. The maximum atomic E-state index is 12.4. The number of hydrogen-bond acceptors (Lipinski definition) is 3. The molecule has 22 heavy (non-hydrogen) atoms. The summed E-state index contributed by atoms with van der Waals surface area (Å²) in [5.41, 5.74) is -3.09. The smallest absolute Gasteiger partial charge is 0.431 e.